The molecule has 2 N–H and O–H groups in total. The summed E-state index contributed by atoms with van der Waals surface area (Å²) in [6.45, 7) is 4.23. The normalized spacial score (nSPS) is 15.6. The largest absolute Gasteiger partial charge is 0.756 e. The van der Waals surface area contributed by atoms with Crippen molar-refractivity contribution in [2.24, 2.45) is 0 Å². The van der Waals surface area contributed by atoms with E-state index in [9.17, 15) is 19.4 Å². The summed E-state index contributed by atoms with van der Waals surface area (Å²) in [5, 5.41) is 13.2. The number of nitrogens with one attached hydrogen (secondary N) is 1. The zero-order chi connectivity index (χ0) is 27.3. The monoisotopic (exact) mass is 534 g/mol. The van der Waals surface area contributed by atoms with Gasteiger partial charge in [-0.1, -0.05) is 90.2 Å². The van der Waals surface area contributed by atoms with Gasteiger partial charge in [0.05, 0.1) is 39.9 Å². The summed E-state index contributed by atoms with van der Waals surface area (Å²) < 4.78 is 22.6. The molecule has 0 radical (unpaired) electrons. The Bertz CT molecular complexity index is 624. The molecular formula is C27H55N2O6P. The number of likely N-dealkylation sites (N-methyl/N-ethyl adjacent to an activating group) is 1. The Morgan fingerprint density at radius 2 is 1.50 bits per heavy atom. The van der Waals surface area contributed by atoms with Crippen LogP contribution in [-0.2, 0) is 18.4 Å². The Balaban J connectivity index is 4.36. The molecule has 0 fully saturated rings. The molecule has 0 saturated heterocycles. The first kappa shape index (κ1) is 35.2. The maximum absolute atomic E-state index is 12.1. The molecule has 0 spiro atoms. The second-order valence-corrected chi connectivity index (χ2v) is 12.2. The molecule has 0 aromatic heterocycles. The van der Waals surface area contributed by atoms with Gasteiger partial charge in [-0.15, -0.1) is 0 Å². The fourth-order valence-corrected chi connectivity index (χ4v) is 4.39. The minimum absolute atomic E-state index is 0.00144. The molecule has 0 aliphatic rings. The van der Waals surface area contributed by atoms with Crippen LogP contribution in [0.4, 0.5) is 0 Å². The molecule has 0 saturated carbocycles. The maximum Gasteiger partial charge on any atom is 0.268 e. The van der Waals surface area contributed by atoms with Gasteiger partial charge in [0, 0.05) is 6.42 Å². The van der Waals surface area contributed by atoms with Crippen LogP contribution in [0.15, 0.2) is 12.2 Å². The Hall–Kier alpha value is -0.760. The number of phosphoric acid groups is 1. The van der Waals surface area contributed by atoms with Crippen molar-refractivity contribution in [3.8, 4) is 0 Å². The van der Waals surface area contributed by atoms with Crippen LogP contribution in [0.25, 0.3) is 0 Å². The highest BCUT2D eigenvalue weighted by molar-refractivity contribution is 7.45. The SMILES string of the molecule is CCCCCCCCCCCCC/C=C/C(O)C(COP(=O)([O-])OCC[N+](C)(C)C)NC(=O)CCC. The standard InChI is InChI=1S/C27H55N2O6P/c1-6-8-9-10-11-12-13-14-15-16-17-18-19-21-26(30)25(28-27(31)20-7-2)24-35-36(32,33)34-23-22-29(3,4)5/h19,21,25-26,30H,6-18,20,22-24H2,1-5H3,(H-,28,31,32,33)/b21-19+. The zero-order valence-electron chi connectivity index (χ0n) is 23.7. The predicted molar refractivity (Wildman–Crippen MR) is 145 cm³/mol. The van der Waals surface area contributed by atoms with Crippen LogP contribution >= 0.6 is 7.82 Å². The van der Waals surface area contributed by atoms with E-state index in [1.54, 1.807) is 6.08 Å². The smallest absolute Gasteiger partial charge is 0.268 e. The number of quaternary nitrogens is 1. The highest BCUT2D eigenvalue weighted by Gasteiger charge is 2.22. The quantitative estimate of drug-likeness (QED) is 0.0772. The van der Waals surface area contributed by atoms with Crippen LogP contribution < -0.4 is 10.2 Å². The summed E-state index contributed by atoms with van der Waals surface area (Å²) in [6.07, 6.45) is 18.3. The molecule has 214 valence electrons. The summed E-state index contributed by atoms with van der Waals surface area (Å²) in [6, 6.07) is -0.873. The highest BCUT2D eigenvalue weighted by Crippen LogP contribution is 2.38. The lowest BCUT2D eigenvalue weighted by Crippen LogP contribution is -2.45. The molecule has 0 aliphatic heterocycles. The van der Waals surface area contributed by atoms with Gasteiger partial charge in [-0.05, 0) is 19.3 Å². The van der Waals surface area contributed by atoms with Gasteiger partial charge in [0.2, 0.25) is 5.91 Å². The van der Waals surface area contributed by atoms with Crippen LogP contribution in [0.5, 0.6) is 0 Å². The summed E-state index contributed by atoms with van der Waals surface area (Å²) >= 11 is 0. The van der Waals surface area contributed by atoms with E-state index in [-0.39, 0.29) is 19.1 Å². The molecule has 0 heterocycles. The number of allylic oxidation sites excluding steroid dienone is 1. The van der Waals surface area contributed by atoms with Crippen molar-refractivity contribution >= 4 is 13.7 Å². The van der Waals surface area contributed by atoms with E-state index in [0.717, 1.165) is 19.3 Å². The number of aliphatic hydroxyl groups is 1. The molecule has 0 aromatic carbocycles. The van der Waals surface area contributed by atoms with Gasteiger partial charge in [-0.3, -0.25) is 9.36 Å². The summed E-state index contributed by atoms with van der Waals surface area (Å²) in [5.41, 5.74) is 0. The van der Waals surface area contributed by atoms with Crippen LogP contribution in [0.1, 0.15) is 104 Å². The number of hydrogen-bond acceptors (Lipinski definition) is 6. The van der Waals surface area contributed by atoms with E-state index in [2.05, 4.69) is 12.2 Å². The van der Waals surface area contributed by atoms with Gasteiger partial charge in [0.15, 0.2) is 0 Å². The molecular weight excluding hydrogens is 479 g/mol. The predicted octanol–water partition coefficient (Wildman–Crippen LogP) is 5.10. The summed E-state index contributed by atoms with van der Waals surface area (Å²) in [7, 11) is 1.25. The van der Waals surface area contributed by atoms with E-state index < -0.39 is 20.0 Å². The number of aliphatic hydroxyl groups excluding tert-OH is 1. The van der Waals surface area contributed by atoms with Gasteiger partial charge in [-0.25, -0.2) is 0 Å². The Morgan fingerprint density at radius 1 is 0.944 bits per heavy atom. The van der Waals surface area contributed by atoms with Crippen molar-refractivity contribution < 1.29 is 32.9 Å². The number of unbranched alkanes of at least 4 members (excludes halogenated alkanes) is 11. The fraction of sp³-hybridized carbons (Fsp3) is 0.889. The number of hydrogen-bond donors (Lipinski definition) is 2. The van der Waals surface area contributed by atoms with E-state index in [1.165, 1.54) is 57.8 Å². The van der Waals surface area contributed by atoms with Gasteiger partial charge in [0.1, 0.15) is 13.2 Å². The second kappa shape index (κ2) is 21.2. The van der Waals surface area contributed by atoms with Gasteiger partial charge in [0.25, 0.3) is 7.82 Å². The Morgan fingerprint density at radius 3 is 2.03 bits per heavy atom. The minimum Gasteiger partial charge on any atom is -0.756 e. The van der Waals surface area contributed by atoms with Crippen LogP contribution in [0.2, 0.25) is 0 Å². The molecule has 0 rings (SSSR count). The molecule has 0 aliphatic carbocycles. The third-order valence-corrected chi connectivity index (χ3v) is 6.93. The van der Waals surface area contributed by atoms with Crippen LogP contribution in [0, 0.1) is 0 Å². The first-order chi connectivity index (χ1) is 17.0. The summed E-state index contributed by atoms with van der Waals surface area (Å²) in [4.78, 5) is 24.2. The summed E-state index contributed by atoms with van der Waals surface area (Å²) in [5.74, 6) is -0.254. The van der Waals surface area contributed by atoms with Crippen molar-refractivity contribution in [1.29, 1.82) is 0 Å². The minimum atomic E-state index is -4.54. The van der Waals surface area contributed by atoms with Crippen molar-refractivity contribution in [3.63, 3.8) is 0 Å². The first-order valence-corrected chi connectivity index (χ1v) is 15.5. The highest BCUT2D eigenvalue weighted by atomic mass is 31.2. The van der Waals surface area contributed by atoms with Gasteiger partial charge >= 0.3 is 0 Å². The molecule has 36 heavy (non-hydrogen) atoms. The van der Waals surface area contributed by atoms with Crippen LogP contribution in [0.3, 0.4) is 0 Å². The van der Waals surface area contributed by atoms with E-state index in [4.69, 9.17) is 9.05 Å². The number of nitrogens with zero attached hydrogens (tertiary/aromatic N) is 1. The molecule has 3 atom stereocenters. The molecule has 1 amide bonds. The molecule has 3 unspecified atom stereocenters. The second-order valence-electron chi connectivity index (χ2n) is 10.8. The van der Waals surface area contributed by atoms with Gasteiger partial charge < -0.3 is 28.8 Å². The lowest BCUT2D eigenvalue weighted by molar-refractivity contribution is -0.870. The van der Waals surface area contributed by atoms with Crippen molar-refractivity contribution in [2.75, 3.05) is 40.9 Å². The molecule has 8 nitrogen and oxygen atoms in total. The van der Waals surface area contributed by atoms with E-state index in [1.807, 2.05) is 34.1 Å². The Labute approximate surface area is 221 Å². The van der Waals surface area contributed by atoms with E-state index in [0.29, 0.717) is 23.9 Å². The zero-order valence-corrected chi connectivity index (χ0v) is 24.6. The number of phosphoric ester groups is 1. The number of carbonyl (C=O) groups is 1. The fourth-order valence-electron chi connectivity index (χ4n) is 3.66. The lowest BCUT2D eigenvalue weighted by Gasteiger charge is -2.29. The lowest BCUT2D eigenvalue weighted by atomic mass is 10.0. The molecule has 0 bridgehead atoms. The van der Waals surface area contributed by atoms with Crippen molar-refractivity contribution in [1.82, 2.24) is 5.32 Å². The van der Waals surface area contributed by atoms with Crippen LogP contribution in [-0.4, -0.2) is 68.5 Å². The van der Waals surface area contributed by atoms with Crippen molar-refractivity contribution in [3.05, 3.63) is 12.2 Å². The van der Waals surface area contributed by atoms with Crippen molar-refractivity contribution in [2.45, 2.75) is 116 Å². The van der Waals surface area contributed by atoms with Gasteiger partial charge in [-0.2, -0.15) is 0 Å². The number of amides is 1. The third kappa shape index (κ3) is 22.4. The number of carbonyl (C=O) groups excluding carboxylic acids is 1. The average Bonchev–Trinajstić information content (AvgIpc) is 2.78. The number of rotatable bonds is 24. The van der Waals surface area contributed by atoms with E-state index >= 15 is 0 Å². The third-order valence-electron chi connectivity index (χ3n) is 5.97. The molecule has 9 heteroatoms. The first-order valence-electron chi connectivity index (χ1n) is 14.1. The topological polar surface area (TPSA) is 108 Å². The maximum atomic E-state index is 12.1. The Kier molecular flexibility index (Phi) is 20.8. The molecule has 0 aromatic rings. The average molecular weight is 535 g/mol.